The summed E-state index contributed by atoms with van der Waals surface area (Å²) in [6.07, 6.45) is 0. The molecule has 0 saturated heterocycles. The van der Waals surface area contributed by atoms with Gasteiger partial charge in [-0.25, -0.2) is 0 Å². The van der Waals surface area contributed by atoms with E-state index < -0.39 is 27.5 Å². The topological polar surface area (TPSA) is 92.4 Å². The molecule has 0 aliphatic rings. The third-order valence-electron chi connectivity index (χ3n) is 2.28. The van der Waals surface area contributed by atoms with Crippen LogP contribution >= 0.6 is 45.8 Å². The fourth-order valence-electron chi connectivity index (χ4n) is 0.955. The standard InChI is InChI=1S/C10H20N2O3S4Se/c1-9(2,16)5(11)8(15)18-20-19-12-6(7(13)14)10(3,4)17/h5-6,12,16-17H,11H2,1-4H3,(H,13,14)/t5-,6-/m1/s1. The van der Waals surface area contributed by atoms with Crippen molar-refractivity contribution in [1.82, 2.24) is 4.72 Å². The number of hydrogen-bond donors (Lipinski definition) is 5. The van der Waals surface area contributed by atoms with Gasteiger partial charge in [-0.1, -0.05) is 0 Å². The first-order chi connectivity index (χ1) is 8.87. The van der Waals surface area contributed by atoms with Gasteiger partial charge in [0, 0.05) is 0 Å². The second kappa shape index (κ2) is 8.57. The van der Waals surface area contributed by atoms with Crippen molar-refractivity contribution in [3.8, 4) is 0 Å². The summed E-state index contributed by atoms with van der Waals surface area (Å²) in [5, 5.41) is 8.95. The monoisotopic (exact) mass is 424 g/mol. The molecule has 0 spiro atoms. The van der Waals surface area contributed by atoms with Crippen molar-refractivity contribution < 1.29 is 14.7 Å². The molecule has 2 atom stereocenters. The van der Waals surface area contributed by atoms with Gasteiger partial charge in [-0.05, 0) is 0 Å². The van der Waals surface area contributed by atoms with Crippen molar-refractivity contribution >= 4 is 69.6 Å². The van der Waals surface area contributed by atoms with Crippen molar-refractivity contribution in [3.05, 3.63) is 0 Å². The number of carbonyl (C=O) groups excluding carboxylic acids is 1. The molecule has 10 heteroatoms. The molecule has 5 nitrogen and oxygen atoms in total. The number of rotatable bonds is 8. The van der Waals surface area contributed by atoms with E-state index in [2.05, 4.69) is 30.0 Å². The second-order valence-electron chi connectivity index (χ2n) is 5.23. The van der Waals surface area contributed by atoms with Crippen LogP contribution in [0, 0.1) is 0 Å². The SMILES string of the molecule is CC(C)(S)[C@H](N)C(=O)S[Se]SN[C@H](C(=O)O)C(C)(C)S. The predicted molar refractivity (Wildman–Crippen MR) is 94.6 cm³/mol. The van der Waals surface area contributed by atoms with Crippen LogP contribution < -0.4 is 10.5 Å². The Bertz CT molecular complexity index is 357. The minimum absolute atomic E-state index is 0.142. The molecule has 0 radical (unpaired) electrons. The number of hydrogen-bond acceptors (Lipinski definition) is 8. The van der Waals surface area contributed by atoms with Crippen LogP contribution in [0.2, 0.25) is 0 Å². The number of carboxylic acid groups (broad SMARTS) is 1. The molecule has 0 unspecified atom stereocenters. The van der Waals surface area contributed by atoms with Crippen molar-refractivity contribution in [2.24, 2.45) is 5.73 Å². The van der Waals surface area contributed by atoms with Crippen molar-refractivity contribution in [1.29, 1.82) is 0 Å². The molecule has 4 N–H and O–H groups in total. The first-order valence-electron chi connectivity index (χ1n) is 5.60. The quantitative estimate of drug-likeness (QED) is 0.174. The average Bonchev–Trinajstić information content (AvgIpc) is 2.23. The molecule has 0 aromatic rings. The first kappa shape index (κ1) is 21.0. The van der Waals surface area contributed by atoms with Crippen LogP contribution in [-0.2, 0) is 9.59 Å². The van der Waals surface area contributed by atoms with Crippen molar-refractivity contribution in [2.75, 3.05) is 0 Å². The van der Waals surface area contributed by atoms with Gasteiger partial charge < -0.3 is 0 Å². The van der Waals surface area contributed by atoms with Crippen LogP contribution in [0.3, 0.4) is 0 Å². The van der Waals surface area contributed by atoms with Gasteiger partial charge in [-0.15, -0.1) is 0 Å². The number of aliphatic carboxylic acids is 1. The van der Waals surface area contributed by atoms with Gasteiger partial charge >= 0.3 is 144 Å². The summed E-state index contributed by atoms with van der Waals surface area (Å²) >= 11 is 8.31. The van der Waals surface area contributed by atoms with Crippen LogP contribution in [0.1, 0.15) is 27.7 Å². The molecule has 0 heterocycles. The van der Waals surface area contributed by atoms with Gasteiger partial charge in [0.25, 0.3) is 0 Å². The van der Waals surface area contributed by atoms with Gasteiger partial charge in [-0.2, -0.15) is 0 Å². The summed E-state index contributed by atoms with van der Waals surface area (Å²) in [6, 6.07) is -1.46. The molecule has 0 fully saturated rings. The zero-order valence-electron chi connectivity index (χ0n) is 11.6. The molecule has 0 aliphatic carbocycles. The summed E-state index contributed by atoms with van der Waals surface area (Å²) in [6.45, 7) is 6.99. The van der Waals surface area contributed by atoms with E-state index in [0.29, 0.717) is 0 Å². The van der Waals surface area contributed by atoms with E-state index in [-0.39, 0.29) is 17.8 Å². The summed E-state index contributed by atoms with van der Waals surface area (Å²) < 4.78 is 1.55. The maximum absolute atomic E-state index is 11.8. The van der Waals surface area contributed by atoms with Crippen LogP contribution in [0.5, 0.6) is 0 Å². The van der Waals surface area contributed by atoms with Crippen LogP contribution in [-0.4, -0.2) is 50.5 Å². The number of nitrogens with two attached hydrogens (primary N) is 1. The molecule has 118 valence electrons. The number of carboxylic acids is 1. The van der Waals surface area contributed by atoms with Crippen LogP contribution in [0.25, 0.3) is 0 Å². The molecule has 0 aromatic heterocycles. The Kier molecular flexibility index (Phi) is 8.99. The molecule has 0 saturated carbocycles. The van der Waals surface area contributed by atoms with Crippen molar-refractivity contribution in [3.63, 3.8) is 0 Å². The summed E-state index contributed by atoms with van der Waals surface area (Å²) in [7, 11) is 2.33. The first-order valence-corrected chi connectivity index (χ1v) is 12.2. The molecule has 0 bridgehead atoms. The van der Waals surface area contributed by atoms with E-state index in [1.54, 1.807) is 27.7 Å². The Hall–Kier alpha value is 0.979. The molecule has 0 amide bonds. The number of carbonyl (C=O) groups is 2. The van der Waals surface area contributed by atoms with Gasteiger partial charge in [0.15, 0.2) is 0 Å². The fourth-order valence-corrected chi connectivity index (χ4v) is 6.78. The molecule has 0 rings (SSSR count). The molecule has 0 aromatic carbocycles. The van der Waals surface area contributed by atoms with E-state index in [4.69, 9.17) is 10.8 Å². The van der Waals surface area contributed by atoms with E-state index in [1.807, 2.05) is 0 Å². The van der Waals surface area contributed by atoms with Gasteiger partial charge in [0.1, 0.15) is 0 Å². The third kappa shape index (κ3) is 7.84. The van der Waals surface area contributed by atoms with Crippen LogP contribution in [0.4, 0.5) is 0 Å². The maximum atomic E-state index is 11.8. The molecular formula is C10H20N2O3S4Se. The number of nitrogens with one attached hydrogen (secondary N) is 1. The summed E-state index contributed by atoms with van der Waals surface area (Å²) in [5.41, 5.74) is 5.78. The minimum atomic E-state index is -0.974. The Labute approximate surface area is 143 Å². The van der Waals surface area contributed by atoms with Crippen molar-refractivity contribution in [2.45, 2.75) is 49.3 Å². The van der Waals surface area contributed by atoms with E-state index in [0.717, 1.165) is 10.2 Å². The third-order valence-corrected chi connectivity index (χ3v) is 8.32. The van der Waals surface area contributed by atoms with Gasteiger partial charge in [-0.3, -0.25) is 0 Å². The Morgan fingerprint density at radius 1 is 1.25 bits per heavy atom. The fraction of sp³-hybridized carbons (Fsp3) is 0.800. The Morgan fingerprint density at radius 2 is 1.75 bits per heavy atom. The zero-order chi connectivity index (χ0) is 16.1. The predicted octanol–water partition coefficient (Wildman–Crippen LogP) is 1.22. The van der Waals surface area contributed by atoms with E-state index in [1.165, 1.54) is 10.4 Å². The summed E-state index contributed by atoms with van der Waals surface area (Å²) in [4.78, 5) is 22.9. The van der Waals surface area contributed by atoms with Crippen LogP contribution in [0.15, 0.2) is 0 Å². The Morgan fingerprint density at radius 3 is 2.10 bits per heavy atom. The molecule has 20 heavy (non-hydrogen) atoms. The summed E-state index contributed by atoms with van der Waals surface area (Å²) in [5.74, 6) is -0.974. The zero-order valence-corrected chi connectivity index (χ0v) is 16.7. The average molecular weight is 424 g/mol. The normalized spacial score (nSPS) is 15.8. The molecule has 0 aliphatic heterocycles. The van der Waals surface area contributed by atoms with Gasteiger partial charge in [0.2, 0.25) is 0 Å². The van der Waals surface area contributed by atoms with E-state index >= 15 is 0 Å². The van der Waals surface area contributed by atoms with Gasteiger partial charge in [0.05, 0.1) is 0 Å². The van der Waals surface area contributed by atoms with E-state index in [9.17, 15) is 9.59 Å². The Balaban J connectivity index is 4.20. The number of thiol groups is 2. The molecular weight excluding hydrogens is 403 g/mol. The second-order valence-corrected chi connectivity index (χ2v) is 13.7.